The van der Waals surface area contributed by atoms with Crippen molar-refractivity contribution in [3.05, 3.63) is 77.1 Å². The quantitative estimate of drug-likeness (QED) is 0.687. The number of amides is 1. The monoisotopic (exact) mass is 351 g/mol. The molecule has 3 aromatic rings. The molecule has 0 aliphatic heterocycles. The molecule has 1 amide bonds. The van der Waals surface area contributed by atoms with Gasteiger partial charge in [0.1, 0.15) is 0 Å². The third kappa shape index (κ3) is 4.12. The average Bonchev–Trinajstić information content (AvgIpc) is 2.93. The number of anilines is 1. The van der Waals surface area contributed by atoms with Crippen LogP contribution >= 0.6 is 11.8 Å². The van der Waals surface area contributed by atoms with Gasteiger partial charge in [-0.05, 0) is 56.0 Å². The number of thioether (sulfide) groups is 1. The molecule has 1 aromatic heterocycles. The maximum atomic E-state index is 12.5. The number of para-hydroxylation sites is 1. The van der Waals surface area contributed by atoms with Crippen molar-refractivity contribution in [3.8, 4) is 0 Å². The smallest absolute Gasteiger partial charge is 0.255 e. The number of nitrogens with zero attached hydrogens (tertiary/aromatic N) is 2. The Morgan fingerprint density at radius 2 is 1.84 bits per heavy atom. The molecule has 0 aliphatic rings. The van der Waals surface area contributed by atoms with Crippen LogP contribution in [0.25, 0.3) is 0 Å². The van der Waals surface area contributed by atoms with Gasteiger partial charge >= 0.3 is 0 Å². The summed E-state index contributed by atoms with van der Waals surface area (Å²) in [6.45, 7) is 4.74. The molecular weight excluding hydrogens is 330 g/mol. The summed E-state index contributed by atoms with van der Waals surface area (Å²) in [5, 5.41) is 7.46. The van der Waals surface area contributed by atoms with Crippen LogP contribution in [0.1, 0.15) is 27.3 Å². The van der Waals surface area contributed by atoms with E-state index < -0.39 is 0 Å². The van der Waals surface area contributed by atoms with E-state index in [-0.39, 0.29) is 5.91 Å². The highest BCUT2D eigenvalue weighted by Gasteiger charge is 2.09. The Hall–Kier alpha value is -2.53. The van der Waals surface area contributed by atoms with Crippen molar-refractivity contribution >= 4 is 23.4 Å². The maximum absolute atomic E-state index is 12.5. The van der Waals surface area contributed by atoms with E-state index in [1.165, 1.54) is 0 Å². The van der Waals surface area contributed by atoms with Gasteiger partial charge in [-0.15, -0.1) is 11.8 Å². The fraction of sp³-hybridized carbons (Fsp3) is 0.200. The molecule has 0 unspecified atom stereocenters. The molecule has 1 N–H and O–H groups in total. The number of hydrogen-bond donors (Lipinski definition) is 1. The topological polar surface area (TPSA) is 46.9 Å². The van der Waals surface area contributed by atoms with E-state index in [9.17, 15) is 4.79 Å². The normalized spacial score (nSPS) is 10.7. The minimum atomic E-state index is -0.0980. The van der Waals surface area contributed by atoms with Crippen molar-refractivity contribution in [1.82, 2.24) is 9.78 Å². The van der Waals surface area contributed by atoms with Crippen LogP contribution < -0.4 is 5.32 Å². The second-order valence-electron chi connectivity index (χ2n) is 5.94. The number of carbonyl (C=O) groups is 1. The number of rotatable bonds is 5. The summed E-state index contributed by atoms with van der Waals surface area (Å²) >= 11 is 1.62. The van der Waals surface area contributed by atoms with E-state index in [0.29, 0.717) is 12.1 Å². The van der Waals surface area contributed by atoms with Crippen LogP contribution in [-0.2, 0) is 6.54 Å². The van der Waals surface area contributed by atoms with Gasteiger partial charge in [-0.25, -0.2) is 0 Å². The molecular formula is C20H21N3OS. The van der Waals surface area contributed by atoms with Crippen LogP contribution in [0.5, 0.6) is 0 Å². The van der Waals surface area contributed by atoms with Gasteiger partial charge in [0.05, 0.1) is 17.9 Å². The Bertz CT molecular complexity index is 884. The SMILES string of the molecule is CSc1ccccc1NC(=O)c1ccc(Cn2nc(C)cc2C)cc1. The molecule has 0 fully saturated rings. The summed E-state index contributed by atoms with van der Waals surface area (Å²) in [4.78, 5) is 13.5. The molecule has 0 saturated carbocycles. The van der Waals surface area contributed by atoms with Crippen molar-refractivity contribution in [1.29, 1.82) is 0 Å². The van der Waals surface area contributed by atoms with Crippen LogP contribution in [0.2, 0.25) is 0 Å². The Morgan fingerprint density at radius 1 is 1.12 bits per heavy atom. The molecule has 0 atom stereocenters. The lowest BCUT2D eigenvalue weighted by molar-refractivity contribution is 0.102. The highest BCUT2D eigenvalue weighted by atomic mass is 32.2. The number of benzene rings is 2. The van der Waals surface area contributed by atoms with Crippen LogP contribution in [0.4, 0.5) is 5.69 Å². The zero-order valence-corrected chi connectivity index (χ0v) is 15.4. The van der Waals surface area contributed by atoms with Crippen molar-refractivity contribution in [2.24, 2.45) is 0 Å². The highest BCUT2D eigenvalue weighted by Crippen LogP contribution is 2.25. The van der Waals surface area contributed by atoms with Gasteiger partial charge in [0.15, 0.2) is 0 Å². The van der Waals surface area contributed by atoms with E-state index in [4.69, 9.17) is 0 Å². The van der Waals surface area contributed by atoms with Gasteiger partial charge < -0.3 is 5.32 Å². The first-order valence-electron chi connectivity index (χ1n) is 8.11. The van der Waals surface area contributed by atoms with Crippen molar-refractivity contribution in [2.75, 3.05) is 11.6 Å². The lowest BCUT2D eigenvalue weighted by atomic mass is 10.1. The molecule has 0 radical (unpaired) electrons. The minimum absolute atomic E-state index is 0.0980. The Labute approximate surface area is 152 Å². The van der Waals surface area contributed by atoms with E-state index in [0.717, 1.165) is 27.5 Å². The highest BCUT2D eigenvalue weighted by molar-refractivity contribution is 7.98. The number of aryl methyl sites for hydroxylation is 2. The number of hydrogen-bond acceptors (Lipinski definition) is 3. The average molecular weight is 351 g/mol. The summed E-state index contributed by atoms with van der Waals surface area (Å²) < 4.78 is 1.97. The van der Waals surface area contributed by atoms with E-state index in [1.807, 2.05) is 73.3 Å². The van der Waals surface area contributed by atoms with Gasteiger partial charge in [-0.2, -0.15) is 5.10 Å². The van der Waals surface area contributed by atoms with E-state index in [1.54, 1.807) is 11.8 Å². The van der Waals surface area contributed by atoms with Gasteiger partial charge in [0, 0.05) is 16.2 Å². The second kappa shape index (κ2) is 7.57. The first-order valence-corrected chi connectivity index (χ1v) is 9.33. The third-order valence-electron chi connectivity index (χ3n) is 4.01. The number of nitrogens with one attached hydrogen (secondary N) is 1. The summed E-state index contributed by atoms with van der Waals surface area (Å²) in [5.74, 6) is -0.0980. The fourth-order valence-corrected chi connectivity index (χ4v) is 3.27. The largest absolute Gasteiger partial charge is 0.321 e. The predicted octanol–water partition coefficient (Wildman–Crippen LogP) is 4.52. The van der Waals surface area contributed by atoms with Crippen LogP contribution in [0.15, 0.2) is 59.5 Å². The van der Waals surface area contributed by atoms with E-state index in [2.05, 4.69) is 16.5 Å². The van der Waals surface area contributed by atoms with Crippen molar-refractivity contribution < 1.29 is 4.79 Å². The second-order valence-corrected chi connectivity index (χ2v) is 6.78. The molecule has 128 valence electrons. The lowest BCUT2D eigenvalue weighted by Crippen LogP contribution is -2.12. The van der Waals surface area contributed by atoms with Gasteiger partial charge in [0.25, 0.3) is 5.91 Å². The first-order chi connectivity index (χ1) is 12.1. The summed E-state index contributed by atoms with van der Waals surface area (Å²) in [6.07, 6.45) is 2.00. The van der Waals surface area contributed by atoms with E-state index >= 15 is 0 Å². The van der Waals surface area contributed by atoms with Crippen LogP contribution in [-0.4, -0.2) is 21.9 Å². The summed E-state index contributed by atoms with van der Waals surface area (Å²) in [7, 11) is 0. The molecule has 0 aliphatic carbocycles. The van der Waals surface area contributed by atoms with Crippen LogP contribution in [0.3, 0.4) is 0 Å². The lowest BCUT2D eigenvalue weighted by Gasteiger charge is -2.10. The Kier molecular flexibility index (Phi) is 5.24. The van der Waals surface area contributed by atoms with Crippen molar-refractivity contribution in [3.63, 3.8) is 0 Å². The van der Waals surface area contributed by atoms with Gasteiger partial charge in [0.2, 0.25) is 0 Å². The summed E-state index contributed by atoms with van der Waals surface area (Å²) in [5.41, 5.74) is 4.75. The van der Waals surface area contributed by atoms with Gasteiger partial charge in [-0.3, -0.25) is 9.48 Å². The molecule has 5 heteroatoms. The third-order valence-corrected chi connectivity index (χ3v) is 4.80. The molecule has 1 heterocycles. The Balaban J connectivity index is 1.71. The molecule has 0 spiro atoms. The first kappa shape index (κ1) is 17.3. The molecule has 3 rings (SSSR count). The van der Waals surface area contributed by atoms with Crippen molar-refractivity contribution in [2.45, 2.75) is 25.3 Å². The zero-order chi connectivity index (χ0) is 17.8. The molecule has 0 bridgehead atoms. The minimum Gasteiger partial charge on any atom is -0.321 e. The molecule has 0 saturated heterocycles. The number of carbonyl (C=O) groups excluding carboxylic acids is 1. The standard InChI is InChI=1S/C20H21N3OS/c1-14-12-15(2)23(22-14)13-16-8-10-17(11-9-16)20(24)21-18-6-4-5-7-19(18)25-3/h4-12H,13H2,1-3H3,(H,21,24). The van der Waals surface area contributed by atoms with Gasteiger partial charge in [-0.1, -0.05) is 24.3 Å². The molecule has 25 heavy (non-hydrogen) atoms. The molecule has 4 nitrogen and oxygen atoms in total. The zero-order valence-electron chi connectivity index (χ0n) is 14.6. The Morgan fingerprint density at radius 3 is 2.48 bits per heavy atom. The fourth-order valence-electron chi connectivity index (χ4n) is 2.71. The predicted molar refractivity (Wildman–Crippen MR) is 103 cm³/mol. The molecule has 2 aromatic carbocycles. The maximum Gasteiger partial charge on any atom is 0.255 e. The number of aromatic nitrogens is 2. The van der Waals surface area contributed by atoms with Crippen LogP contribution in [0, 0.1) is 13.8 Å². The summed E-state index contributed by atoms with van der Waals surface area (Å²) in [6, 6.07) is 17.5.